The topological polar surface area (TPSA) is 26.0 Å². The van der Waals surface area contributed by atoms with E-state index in [1.54, 1.807) is 0 Å². The van der Waals surface area contributed by atoms with Crippen molar-refractivity contribution in [2.24, 2.45) is 5.73 Å². The Labute approximate surface area is 119 Å². The molecule has 0 heterocycles. The van der Waals surface area contributed by atoms with Gasteiger partial charge < -0.3 is 5.73 Å². The summed E-state index contributed by atoms with van der Waals surface area (Å²) < 4.78 is 0. The molecule has 0 spiro atoms. The zero-order valence-electron chi connectivity index (χ0n) is 10.3. The van der Waals surface area contributed by atoms with Crippen LogP contribution in [-0.2, 0) is 17.1 Å². The van der Waals surface area contributed by atoms with Crippen LogP contribution in [-0.4, -0.2) is 6.04 Å². The summed E-state index contributed by atoms with van der Waals surface area (Å²) in [6.07, 6.45) is 21.9. The van der Waals surface area contributed by atoms with Crippen molar-refractivity contribution in [1.29, 1.82) is 0 Å². The van der Waals surface area contributed by atoms with Gasteiger partial charge in [0, 0.05) is 6.04 Å². The summed E-state index contributed by atoms with van der Waals surface area (Å²) in [5.74, 6) is 1.28. The maximum atomic E-state index is 5.93. The summed E-state index contributed by atoms with van der Waals surface area (Å²) in [7, 11) is 0. The molecule has 0 bridgehead atoms. The van der Waals surface area contributed by atoms with Crippen molar-refractivity contribution < 1.29 is 17.1 Å². The predicted octanol–water partition coefficient (Wildman–Crippen LogP) is 2.93. The van der Waals surface area contributed by atoms with Gasteiger partial charge in [0.25, 0.3) is 0 Å². The van der Waals surface area contributed by atoms with Gasteiger partial charge in [0.2, 0.25) is 0 Å². The normalized spacial score (nSPS) is 21.5. The largest absolute Gasteiger partial charge is 2.00 e. The second-order valence-electron chi connectivity index (χ2n) is 3.93. The molecule has 2 heteroatoms. The van der Waals surface area contributed by atoms with Crippen LogP contribution in [0, 0.1) is 63.7 Å². The van der Waals surface area contributed by atoms with Gasteiger partial charge in [-0.2, -0.15) is 0 Å². The summed E-state index contributed by atoms with van der Waals surface area (Å²) >= 11 is 0. The molecule has 17 heavy (non-hydrogen) atoms. The minimum absolute atomic E-state index is 0. The standard InChI is InChI=1S/C10H16N.C5H5.Fe/c1-2-3-8-10(11)9-6-4-5-7-9;1-2-4-5-3-1;/h4-7,10H,2-3,8,11H2,1H3;1-5H;/q;;+2/t10-;;/m0../s1. The molecule has 0 aromatic rings. The molecule has 2 aliphatic rings. The van der Waals surface area contributed by atoms with E-state index < -0.39 is 0 Å². The van der Waals surface area contributed by atoms with Crippen LogP contribution in [0.1, 0.15) is 26.2 Å². The summed E-state index contributed by atoms with van der Waals surface area (Å²) in [6.45, 7) is 2.19. The van der Waals surface area contributed by atoms with Crippen molar-refractivity contribution in [3.8, 4) is 0 Å². The molecule has 2 N–H and O–H groups in total. The second kappa shape index (κ2) is 11.6. The van der Waals surface area contributed by atoms with Gasteiger partial charge in [-0.1, -0.05) is 19.8 Å². The summed E-state index contributed by atoms with van der Waals surface area (Å²) in [6, 6.07) is 0.255. The minimum Gasteiger partial charge on any atom is -0.327 e. The molecule has 2 aliphatic carbocycles. The molecular weight excluding hydrogens is 250 g/mol. The van der Waals surface area contributed by atoms with Crippen LogP contribution in [0.25, 0.3) is 0 Å². The van der Waals surface area contributed by atoms with Gasteiger partial charge in [0.15, 0.2) is 0 Å². The third-order valence-corrected chi connectivity index (χ3v) is 2.54. The van der Waals surface area contributed by atoms with Crippen LogP contribution >= 0.6 is 0 Å². The van der Waals surface area contributed by atoms with Crippen LogP contribution < -0.4 is 5.73 Å². The Kier molecular flexibility index (Phi) is 11.9. The third-order valence-electron chi connectivity index (χ3n) is 2.54. The Hall–Kier alpha value is 0.479. The zero-order valence-corrected chi connectivity index (χ0v) is 11.4. The van der Waals surface area contributed by atoms with E-state index >= 15 is 0 Å². The van der Waals surface area contributed by atoms with Gasteiger partial charge in [0.1, 0.15) is 0 Å². The third kappa shape index (κ3) is 8.24. The van der Waals surface area contributed by atoms with Crippen LogP contribution in [0.2, 0.25) is 0 Å². The molecule has 2 saturated carbocycles. The Morgan fingerprint density at radius 2 is 1.41 bits per heavy atom. The molecule has 0 saturated heterocycles. The maximum Gasteiger partial charge on any atom is 2.00 e. The van der Waals surface area contributed by atoms with Crippen molar-refractivity contribution >= 4 is 0 Å². The van der Waals surface area contributed by atoms with E-state index in [1.165, 1.54) is 18.8 Å². The van der Waals surface area contributed by atoms with E-state index in [-0.39, 0.29) is 23.1 Å². The first-order chi connectivity index (χ1) is 7.84. The zero-order chi connectivity index (χ0) is 11.6. The fraction of sp³-hybridized carbons (Fsp3) is 0.333. The number of hydrogen-bond donors (Lipinski definition) is 1. The smallest absolute Gasteiger partial charge is 0.327 e. The maximum absolute atomic E-state index is 5.93. The molecule has 1 nitrogen and oxygen atoms in total. The molecule has 0 amide bonds. The van der Waals surface area contributed by atoms with Gasteiger partial charge in [0.05, 0.1) is 0 Å². The fourth-order valence-electron chi connectivity index (χ4n) is 1.55. The summed E-state index contributed by atoms with van der Waals surface area (Å²) in [5.41, 5.74) is 5.93. The summed E-state index contributed by atoms with van der Waals surface area (Å²) in [5, 5.41) is 0. The minimum atomic E-state index is 0. The first-order valence-electron chi connectivity index (χ1n) is 5.98. The molecule has 2 fully saturated rings. The number of unbranched alkanes of at least 4 members (excludes halogenated alkanes) is 1. The van der Waals surface area contributed by atoms with E-state index in [1.807, 2.05) is 44.9 Å². The Morgan fingerprint density at radius 3 is 1.82 bits per heavy atom. The number of nitrogens with two attached hydrogens (primary N) is 1. The second-order valence-corrected chi connectivity index (χ2v) is 3.93. The first-order valence-corrected chi connectivity index (χ1v) is 5.98. The monoisotopic (exact) mass is 271 g/mol. The Morgan fingerprint density at radius 1 is 0.941 bits per heavy atom. The van der Waals surface area contributed by atoms with Gasteiger partial charge in [-0.15, -0.1) is 0 Å². The van der Waals surface area contributed by atoms with Crippen LogP contribution in [0.5, 0.6) is 0 Å². The molecule has 0 unspecified atom stereocenters. The van der Waals surface area contributed by atoms with Crippen molar-refractivity contribution in [2.75, 3.05) is 0 Å². The SMILES string of the molecule is CCCC[C@H](N)[C]1[CH][CH][CH][CH]1.[CH]1[CH][CH][CH][CH]1.[Fe+2]. The molecule has 1 atom stereocenters. The van der Waals surface area contributed by atoms with Crippen LogP contribution in [0.3, 0.4) is 0 Å². The van der Waals surface area contributed by atoms with E-state index in [2.05, 4.69) is 19.8 Å². The first kappa shape index (κ1) is 17.5. The van der Waals surface area contributed by atoms with Gasteiger partial charge in [-0.25, -0.2) is 0 Å². The van der Waals surface area contributed by atoms with Crippen molar-refractivity contribution in [2.45, 2.75) is 32.2 Å². The van der Waals surface area contributed by atoms with Crippen LogP contribution in [0.15, 0.2) is 0 Å². The average Bonchev–Trinajstić information content (AvgIpc) is 2.98. The van der Waals surface area contributed by atoms with Gasteiger partial charge in [-0.3, -0.25) is 0 Å². The number of hydrogen-bond acceptors (Lipinski definition) is 1. The molecule has 92 valence electrons. The van der Waals surface area contributed by atoms with Gasteiger partial charge in [-0.05, 0) is 70.1 Å². The van der Waals surface area contributed by atoms with Gasteiger partial charge >= 0.3 is 17.1 Å². The molecule has 10 radical (unpaired) electrons. The van der Waals surface area contributed by atoms with E-state index in [4.69, 9.17) is 5.73 Å². The van der Waals surface area contributed by atoms with Crippen molar-refractivity contribution in [3.05, 3.63) is 63.7 Å². The molecule has 0 aromatic carbocycles. The summed E-state index contributed by atoms with van der Waals surface area (Å²) in [4.78, 5) is 0. The van der Waals surface area contributed by atoms with Crippen LogP contribution in [0.4, 0.5) is 0 Å². The fourth-order valence-corrected chi connectivity index (χ4v) is 1.55. The molecule has 0 aliphatic heterocycles. The average molecular weight is 271 g/mol. The number of rotatable bonds is 4. The van der Waals surface area contributed by atoms with Crippen molar-refractivity contribution in [3.63, 3.8) is 0 Å². The Balaban J connectivity index is 0.000000360. The predicted molar refractivity (Wildman–Crippen MR) is 69.4 cm³/mol. The molecular formula is C15H21FeN+2. The quantitative estimate of drug-likeness (QED) is 0.782. The van der Waals surface area contributed by atoms with Crippen molar-refractivity contribution in [1.82, 2.24) is 0 Å². The Bertz CT molecular complexity index is 143. The van der Waals surface area contributed by atoms with E-state index in [0.717, 1.165) is 6.42 Å². The molecule has 0 aromatic heterocycles. The van der Waals surface area contributed by atoms with E-state index in [9.17, 15) is 0 Å². The van der Waals surface area contributed by atoms with E-state index in [0.29, 0.717) is 0 Å². The molecule has 2 rings (SSSR count).